The molecule has 1 aliphatic heterocycles. The molecule has 0 saturated carbocycles. The van der Waals surface area contributed by atoms with Crippen molar-refractivity contribution in [1.82, 2.24) is 0 Å². The molecule has 0 radical (unpaired) electrons. The Morgan fingerprint density at radius 2 is 2.06 bits per heavy atom. The average molecular weight is 242 g/mol. The third-order valence-corrected chi connectivity index (χ3v) is 4.04. The largest absolute Gasteiger partial charge is 0.491 e. The van der Waals surface area contributed by atoms with Gasteiger partial charge < -0.3 is 9.47 Å². The molecular formula is C11H14O4S. The van der Waals surface area contributed by atoms with Gasteiger partial charge in [0.2, 0.25) is 0 Å². The van der Waals surface area contributed by atoms with E-state index in [1.807, 2.05) is 30.3 Å². The number of benzene rings is 1. The van der Waals surface area contributed by atoms with E-state index in [4.69, 9.17) is 9.47 Å². The molecule has 1 heterocycles. The van der Waals surface area contributed by atoms with Crippen molar-refractivity contribution in [2.75, 3.05) is 24.7 Å². The van der Waals surface area contributed by atoms with Crippen molar-refractivity contribution in [1.29, 1.82) is 0 Å². The maximum absolute atomic E-state index is 11.3. The lowest BCUT2D eigenvalue weighted by atomic mass is 10.3. The Labute approximate surface area is 95.1 Å². The third-order valence-electron chi connectivity index (χ3n) is 2.37. The molecule has 16 heavy (non-hydrogen) atoms. The Hall–Kier alpha value is -1.07. The van der Waals surface area contributed by atoms with Crippen LogP contribution in [0.15, 0.2) is 30.3 Å². The summed E-state index contributed by atoms with van der Waals surface area (Å²) in [6.07, 6.45) is -0.348. The standard InChI is InChI=1S/C11H14O4S/c12-16(13)7-6-14-11(9-16)8-15-10-4-2-1-3-5-10/h1-5,11H,6-9H2. The lowest BCUT2D eigenvalue weighted by Crippen LogP contribution is -2.38. The maximum Gasteiger partial charge on any atom is 0.155 e. The first-order valence-corrected chi connectivity index (χ1v) is 6.98. The molecule has 0 amide bonds. The van der Waals surface area contributed by atoms with E-state index in [9.17, 15) is 8.42 Å². The molecule has 0 aromatic heterocycles. The first-order valence-electron chi connectivity index (χ1n) is 5.16. The van der Waals surface area contributed by atoms with E-state index in [2.05, 4.69) is 0 Å². The minimum Gasteiger partial charge on any atom is -0.491 e. The summed E-state index contributed by atoms with van der Waals surface area (Å²) in [5.74, 6) is 0.906. The van der Waals surface area contributed by atoms with Gasteiger partial charge in [-0.1, -0.05) is 18.2 Å². The van der Waals surface area contributed by atoms with Gasteiger partial charge in [0.25, 0.3) is 0 Å². The summed E-state index contributed by atoms with van der Waals surface area (Å²) in [6, 6.07) is 9.30. The van der Waals surface area contributed by atoms with Gasteiger partial charge in [0.1, 0.15) is 18.5 Å². The van der Waals surface area contributed by atoms with Gasteiger partial charge in [0, 0.05) is 0 Å². The van der Waals surface area contributed by atoms with Gasteiger partial charge in [-0.25, -0.2) is 8.42 Å². The van der Waals surface area contributed by atoms with Crippen LogP contribution in [-0.4, -0.2) is 39.2 Å². The highest BCUT2D eigenvalue weighted by molar-refractivity contribution is 7.91. The van der Waals surface area contributed by atoms with Gasteiger partial charge in [-0.05, 0) is 12.1 Å². The fraction of sp³-hybridized carbons (Fsp3) is 0.455. The smallest absolute Gasteiger partial charge is 0.155 e. The number of hydrogen-bond acceptors (Lipinski definition) is 4. The number of ether oxygens (including phenoxy) is 2. The Morgan fingerprint density at radius 1 is 1.31 bits per heavy atom. The minimum atomic E-state index is -2.94. The van der Waals surface area contributed by atoms with Crippen molar-refractivity contribution in [2.24, 2.45) is 0 Å². The first kappa shape index (κ1) is 11.4. The van der Waals surface area contributed by atoms with Crippen LogP contribution < -0.4 is 4.74 Å². The van der Waals surface area contributed by atoms with E-state index in [0.717, 1.165) is 5.75 Å². The summed E-state index contributed by atoms with van der Waals surface area (Å²) in [5.41, 5.74) is 0. The highest BCUT2D eigenvalue weighted by atomic mass is 32.2. The summed E-state index contributed by atoms with van der Waals surface area (Å²) in [7, 11) is -2.94. The van der Waals surface area contributed by atoms with Crippen LogP contribution in [0.5, 0.6) is 5.75 Å². The molecule has 1 saturated heterocycles. The molecule has 0 bridgehead atoms. The quantitative estimate of drug-likeness (QED) is 0.789. The lowest BCUT2D eigenvalue weighted by molar-refractivity contribution is 0.0367. The van der Waals surface area contributed by atoms with Crippen LogP contribution in [0.4, 0.5) is 0 Å². The summed E-state index contributed by atoms with van der Waals surface area (Å²) in [4.78, 5) is 0. The minimum absolute atomic E-state index is 0.0554. The topological polar surface area (TPSA) is 52.6 Å². The van der Waals surface area contributed by atoms with Crippen molar-refractivity contribution >= 4 is 9.84 Å². The summed E-state index contributed by atoms with van der Waals surface area (Å²) in [5, 5.41) is 0. The summed E-state index contributed by atoms with van der Waals surface area (Å²) in [6.45, 7) is 0.550. The second-order valence-corrected chi connectivity index (χ2v) is 5.96. The Kier molecular flexibility index (Phi) is 3.46. The number of hydrogen-bond donors (Lipinski definition) is 0. The van der Waals surface area contributed by atoms with Crippen LogP contribution in [0, 0.1) is 0 Å². The molecule has 1 unspecified atom stereocenters. The summed E-state index contributed by atoms with van der Waals surface area (Å²) >= 11 is 0. The van der Waals surface area contributed by atoms with Crippen LogP contribution in [0.1, 0.15) is 0 Å². The molecule has 0 spiro atoms. The monoisotopic (exact) mass is 242 g/mol. The van der Waals surface area contributed by atoms with Crippen LogP contribution in [-0.2, 0) is 14.6 Å². The van der Waals surface area contributed by atoms with Gasteiger partial charge in [-0.3, -0.25) is 0 Å². The number of sulfone groups is 1. The van der Waals surface area contributed by atoms with E-state index in [-0.39, 0.29) is 30.8 Å². The molecule has 88 valence electrons. The predicted octanol–water partition coefficient (Wildman–Crippen LogP) is 0.879. The lowest BCUT2D eigenvalue weighted by Gasteiger charge is -2.22. The zero-order valence-corrected chi connectivity index (χ0v) is 9.65. The average Bonchev–Trinajstić information content (AvgIpc) is 2.27. The van der Waals surface area contributed by atoms with Crippen LogP contribution >= 0.6 is 0 Å². The normalized spacial score (nSPS) is 23.9. The number of rotatable bonds is 3. The van der Waals surface area contributed by atoms with Crippen molar-refractivity contribution in [3.05, 3.63) is 30.3 Å². The van der Waals surface area contributed by atoms with E-state index in [0.29, 0.717) is 0 Å². The molecule has 1 atom stereocenters. The van der Waals surface area contributed by atoms with Crippen molar-refractivity contribution in [2.45, 2.75) is 6.10 Å². The zero-order chi connectivity index (χ0) is 11.4. The van der Waals surface area contributed by atoms with Gasteiger partial charge in [0.05, 0.1) is 18.1 Å². The number of para-hydroxylation sites is 1. The molecular weight excluding hydrogens is 228 g/mol. The van der Waals surface area contributed by atoms with Crippen molar-refractivity contribution in [3.63, 3.8) is 0 Å². The predicted molar refractivity (Wildman–Crippen MR) is 60.3 cm³/mol. The highest BCUT2D eigenvalue weighted by Crippen LogP contribution is 2.12. The van der Waals surface area contributed by atoms with Gasteiger partial charge >= 0.3 is 0 Å². The van der Waals surface area contributed by atoms with E-state index < -0.39 is 9.84 Å². The Balaban J connectivity index is 1.87. The van der Waals surface area contributed by atoms with Crippen LogP contribution in [0.25, 0.3) is 0 Å². The molecule has 5 heteroatoms. The SMILES string of the molecule is O=S1(=O)CCOC(COc2ccccc2)C1. The van der Waals surface area contributed by atoms with Gasteiger partial charge in [-0.15, -0.1) is 0 Å². The second kappa shape index (κ2) is 4.84. The molecule has 1 fully saturated rings. The van der Waals surface area contributed by atoms with Crippen LogP contribution in [0.2, 0.25) is 0 Å². The third kappa shape index (κ3) is 3.21. The first-order chi connectivity index (χ1) is 7.66. The second-order valence-electron chi connectivity index (χ2n) is 3.73. The molecule has 2 rings (SSSR count). The maximum atomic E-state index is 11.3. The van der Waals surface area contributed by atoms with Crippen LogP contribution in [0.3, 0.4) is 0 Å². The Bertz CT molecular complexity index is 427. The van der Waals surface area contributed by atoms with Crippen molar-refractivity contribution < 1.29 is 17.9 Å². The Morgan fingerprint density at radius 3 is 2.75 bits per heavy atom. The van der Waals surface area contributed by atoms with Gasteiger partial charge in [0.15, 0.2) is 9.84 Å². The molecule has 1 aromatic carbocycles. The fourth-order valence-electron chi connectivity index (χ4n) is 1.56. The molecule has 4 nitrogen and oxygen atoms in total. The highest BCUT2D eigenvalue weighted by Gasteiger charge is 2.25. The fourth-order valence-corrected chi connectivity index (χ4v) is 2.83. The van der Waals surface area contributed by atoms with E-state index in [1.165, 1.54) is 0 Å². The van der Waals surface area contributed by atoms with E-state index >= 15 is 0 Å². The van der Waals surface area contributed by atoms with Crippen molar-refractivity contribution in [3.8, 4) is 5.75 Å². The van der Waals surface area contributed by atoms with Gasteiger partial charge in [-0.2, -0.15) is 0 Å². The zero-order valence-electron chi connectivity index (χ0n) is 8.83. The molecule has 1 aliphatic rings. The molecule has 0 aliphatic carbocycles. The van der Waals surface area contributed by atoms with E-state index in [1.54, 1.807) is 0 Å². The molecule has 0 N–H and O–H groups in total. The summed E-state index contributed by atoms with van der Waals surface area (Å²) < 4.78 is 33.5. The molecule has 1 aromatic rings.